The van der Waals surface area contributed by atoms with Crippen LogP contribution in [-0.4, -0.2) is 29.1 Å². The fraction of sp³-hybridized carbons (Fsp3) is 0.500. The number of aliphatic hydroxyl groups excluding tert-OH is 1. The van der Waals surface area contributed by atoms with Gasteiger partial charge in [-0.25, -0.2) is 0 Å². The third kappa shape index (κ3) is 5.09. The molecule has 0 aliphatic carbocycles. The van der Waals surface area contributed by atoms with E-state index in [1.54, 1.807) is 0 Å². The van der Waals surface area contributed by atoms with Crippen molar-refractivity contribution in [2.24, 2.45) is 5.92 Å². The second kappa shape index (κ2) is 8.74. The highest BCUT2D eigenvalue weighted by Crippen LogP contribution is 2.28. The number of nitrogens with zero attached hydrogens (tertiary/aromatic N) is 1. The molecule has 2 N–H and O–H groups in total. The zero-order valence-electron chi connectivity index (χ0n) is 11.8. The van der Waals surface area contributed by atoms with Gasteiger partial charge in [0.1, 0.15) is 4.47 Å². The van der Waals surface area contributed by atoms with Gasteiger partial charge >= 0.3 is 0 Å². The molecule has 1 atom stereocenters. The Hall–Kier alpha value is -1.47. The molecule has 0 aromatic heterocycles. The van der Waals surface area contributed by atoms with Crippen LogP contribution < -0.4 is 5.32 Å². The Morgan fingerprint density at radius 2 is 2.19 bits per heavy atom. The van der Waals surface area contributed by atoms with Crippen LogP contribution in [0.3, 0.4) is 0 Å². The maximum Gasteiger partial charge on any atom is 0.284 e. The highest BCUT2D eigenvalue weighted by Gasteiger charge is 2.19. The first kappa shape index (κ1) is 17.6. The predicted molar refractivity (Wildman–Crippen MR) is 83.2 cm³/mol. The summed E-state index contributed by atoms with van der Waals surface area (Å²) < 4.78 is 0.182. The monoisotopic (exact) mass is 358 g/mol. The van der Waals surface area contributed by atoms with Crippen LogP contribution in [0.25, 0.3) is 0 Å². The molecule has 1 rings (SSSR count). The number of benzene rings is 1. The van der Waals surface area contributed by atoms with Crippen LogP contribution in [0.4, 0.5) is 5.69 Å². The molecule has 1 unspecified atom stereocenters. The minimum absolute atomic E-state index is 0.0844. The Labute approximate surface area is 131 Å². The minimum atomic E-state index is -0.535. The lowest BCUT2D eigenvalue weighted by atomic mass is 10.00. The van der Waals surface area contributed by atoms with Gasteiger partial charge in [-0.3, -0.25) is 14.9 Å². The van der Waals surface area contributed by atoms with Crippen molar-refractivity contribution in [1.82, 2.24) is 5.32 Å². The number of nitro benzene ring substituents is 1. The van der Waals surface area contributed by atoms with E-state index in [9.17, 15) is 14.9 Å². The smallest absolute Gasteiger partial charge is 0.284 e. The van der Waals surface area contributed by atoms with Gasteiger partial charge in [-0.2, -0.15) is 0 Å². The summed E-state index contributed by atoms with van der Waals surface area (Å²) in [6.45, 7) is 2.58. The molecule has 116 valence electrons. The van der Waals surface area contributed by atoms with Gasteiger partial charge in [-0.15, -0.1) is 0 Å². The summed E-state index contributed by atoms with van der Waals surface area (Å²) in [6.07, 6.45) is 2.52. The quantitative estimate of drug-likeness (QED) is 0.551. The minimum Gasteiger partial charge on any atom is -0.396 e. The summed E-state index contributed by atoms with van der Waals surface area (Å²) >= 11 is 3.11. The standard InChI is InChI=1S/C14H19BrN2O4/c1-2-4-10(7-8-18)9-16-14(19)11-5-3-6-12(13(11)15)17(20)21/h3,5-6,10,18H,2,4,7-9H2,1H3,(H,16,19). The molecule has 0 heterocycles. The van der Waals surface area contributed by atoms with Gasteiger partial charge in [0.25, 0.3) is 11.6 Å². The number of carbonyl (C=O) groups is 1. The van der Waals surface area contributed by atoms with Gasteiger partial charge in [0.2, 0.25) is 0 Å². The summed E-state index contributed by atoms with van der Waals surface area (Å²) in [7, 11) is 0. The molecule has 0 saturated carbocycles. The average molecular weight is 359 g/mol. The lowest BCUT2D eigenvalue weighted by Crippen LogP contribution is -2.30. The molecule has 7 heteroatoms. The summed E-state index contributed by atoms with van der Waals surface area (Å²) in [5.74, 6) is -0.147. The summed E-state index contributed by atoms with van der Waals surface area (Å²) in [5.41, 5.74) is 0.103. The lowest BCUT2D eigenvalue weighted by molar-refractivity contribution is -0.385. The van der Waals surface area contributed by atoms with Crippen LogP contribution in [0.2, 0.25) is 0 Å². The topological polar surface area (TPSA) is 92.5 Å². The molecule has 0 radical (unpaired) electrons. The van der Waals surface area contributed by atoms with Crippen molar-refractivity contribution in [3.63, 3.8) is 0 Å². The molecule has 1 amide bonds. The van der Waals surface area contributed by atoms with Gasteiger partial charge in [0.15, 0.2) is 0 Å². The molecule has 0 fully saturated rings. The molecule has 21 heavy (non-hydrogen) atoms. The number of hydrogen-bond acceptors (Lipinski definition) is 4. The molecule has 0 bridgehead atoms. The Morgan fingerprint density at radius 3 is 2.76 bits per heavy atom. The number of hydrogen-bond donors (Lipinski definition) is 2. The number of carbonyl (C=O) groups excluding carboxylic acids is 1. The van der Waals surface area contributed by atoms with Crippen molar-refractivity contribution >= 4 is 27.5 Å². The normalized spacial score (nSPS) is 12.0. The van der Waals surface area contributed by atoms with Gasteiger partial charge in [0, 0.05) is 19.2 Å². The second-order valence-electron chi connectivity index (χ2n) is 4.77. The summed E-state index contributed by atoms with van der Waals surface area (Å²) in [6, 6.07) is 4.36. The van der Waals surface area contributed by atoms with Crippen LogP contribution in [-0.2, 0) is 0 Å². The average Bonchev–Trinajstić information content (AvgIpc) is 2.44. The van der Waals surface area contributed by atoms with E-state index in [4.69, 9.17) is 5.11 Å². The van der Waals surface area contributed by atoms with E-state index in [2.05, 4.69) is 21.2 Å². The van der Waals surface area contributed by atoms with Crippen LogP contribution >= 0.6 is 15.9 Å². The third-order valence-corrected chi connectivity index (χ3v) is 4.04. The van der Waals surface area contributed by atoms with Gasteiger partial charge in [-0.1, -0.05) is 19.4 Å². The number of nitrogens with one attached hydrogen (secondary N) is 1. The predicted octanol–water partition coefficient (Wildman–Crippen LogP) is 2.89. The zero-order chi connectivity index (χ0) is 15.8. The van der Waals surface area contributed by atoms with E-state index >= 15 is 0 Å². The number of nitro groups is 1. The highest BCUT2D eigenvalue weighted by molar-refractivity contribution is 9.10. The van der Waals surface area contributed by atoms with Crippen LogP contribution in [0.15, 0.2) is 22.7 Å². The zero-order valence-corrected chi connectivity index (χ0v) is 13.4. The third-order valence-electron chi connectivity index (χ3n) is 3.21. The molecular weight excluding hydrogens is 340 g/mol. The maximum absolute atomic E-state index is 12.1. The molecule has 6 nitrogen and oxygen atoms in total. The SMILES string of the molecule is CCCC(CCO)CNC(=O)c1cccc([N+](=O)[O-])c1Br. The highest BCUT2D eigenvalue weighted by atomic mass is 79.9. The lowest BCUT2D eigenvalue weighted by Gasteiger charge is -2.16. The second-order valence-corrected chi connectivity index (χ2v) is 5.57. The fourth-order valence-electron chi connectivity index (χ4n) is 2.11. The van der Waals surface area contributed by atoms with E-state index in [0.29, 0.717) is 13.0 Å². The number of aliphatic hydroxyl groups is 1. The first-order chi connectivity index (χ1) is 10.0. The van der Waals surface area contributed by atoms with Gasteiger partial charge < -0.3 is 10.4 Å². The van der Waals surface area contributed by atoms with Crippen molar-refractivity contribution in [3.05, 3.63) is 38.3 Å². The molecule has 0 aliphatic rings. The van der Waals surface area contributed by atoms with Gasteiger partial charge in [0.05, 0.1) is 10.5 Å². The Balaban J connectivity index is 2.76. The van der Waals surface area contributed by atoms with Crippen molar-refractivity contribution < 1.29 is 14.8 Å². The summed E-state index contributed by atoms with van der Waals surface area (Å²) in [4.78, 5) is 22.4. The van der Waals surface area contributed by atoms with Crippen molar-refractivity contribution in [1.29, 1.82) is 0 Å². The maximum atomic E-state index is 12.1. The molecular formula is C14H19BrN2O4. The van der Waals surface area contributed by atoms with E-state index in [1.165, 1.54) is 18.2 Å². The van der Waals surface area contributed by atoms with E-state index in [-0.39, 0.29) is 34.2 Å². The van der Waals surface area contributed by atoms with Crippen LogP contribution in [0.1, 0.15) is 36.5 Å². The van der Waals surface area contributed by atoms with E-state index < -0.39 is 4.92 Å². The van der Waals surface area contributed by atoms with Crippen LogP contribution in [0, 0.1) is 16.0 Å². The Kier molecular flexibility index (Phi) is 7.31. The van der Waals surface area contributed by atoms with Crippen molar-refractivity contribution in [2.75, 3.05) is 13.2 Å². The number of amides is 1. The first-order valence-corrected chi connectivity index (χ1v) is 7.62. The Morgan fingerprint density at radius 1 is 1.48 bits per heavy atom. The largest absolute Gasteiger partial charge is 0.396 e. The molecule has 0 aliphatic heterocycles. The molecule has 0 saturated heterocycles. The number of halogens is 1. The van der Waals surface area contributed by atoms with Crippen molar-refractivity contribution in [2.45, 2.75) is 26.2 Å². The molecule has 1 aromatic rings. The first-order valence-electron chi connectivity index (χ1n) is 6.83. The Bertz CT molecular complexity index is 502. The van der Waals surface area contributed by atoms with E-state index in [1.807, 2.05) is 6.92 Å². The molecule has 0 spiro atoms. The summed E-state index contributed by atoms with van der Waals surface area (Å²) in [5, 5.41) is 22.6. The fourth-order valence-corrected chi connectivity index (χ4v) is 2.70. The van der Waals surface area contributed by atoms with Crippen molar-refractivity contribution in [3.8, 4) is 0 Å². The van der Waals surface area contributed by atoms with Crippen LogP contribution in [0.5, 0.6) is 0 Å². The number of rotatable bonds is 8. The van der Waals surface area contributed by atoms with E-state index in [0.717, 1.165) is 12.8 Å². The van der Waals surface area contributed by atoms with Gasteiger partial charge in [-0.05, 0) is 40.8 Å². The molecule has 1 aromatic carbocycles.